The number of amides is 1. The van der Waals surface area contributed by atoms with E-state index < -0.39 is 6.09 Å². The van der Waals surface area contributed by atoms with Crippen LogP contribution in [-0.4, -0.2) is 23.2 Å². The van der Waals surface area contributed by atoms with Gasteiger partial charge in [-0.1, -0.05) is 0 Å². The van der Waals surface area contributed by atoms with Crippen molar-refractivity contribution in [2.75, 3.05) is 17.7 Å². The van der Waals surface area contributed by atoms with Crippen molar-refractivity contribution in [3.8, 4) is 0 Å². The normalized spacial score (nSPS) is 9.69. The number of hydrogen-bond acceptors (Lipinski definition) is 3. The van der Waals surface area contributed by atoms with Crippen LogP contribution in [0.3, 0.4) is 0 Å². The Hall–Kier alpha value is -1.78. The fraction of sp³-hybridized carbons (Fsp3) is 0.250. The summed E-state index contributed by atoms with van der Waals surface area (Å²) in [4.78, 5) is 15.7. The van der Waals surface area contributed by atoms with Crippen molar-refractivity contribution in [1.82, 2.24) is 4.98 Å². The van der Waals surface area contributed by atoms with E-state index in [1.54, 1.807) is 19.1 Å². The van der Waals surface area contributed by atoms with Crippen molar-refractivity contribution < 1.29 is 9.90 Å². The Balaban J connectivity index is 3.08. The Kier molecular flexibility index (Phi) is 2.36. The number of aromatic nitrogens is 1. The second-order valence-electron chi connectivity index (χ2n) is 2.68. The van der Waals surface area contributed by atoms with Gasteiger partial charge in [-0.2, -0.15) is 0 Å². The standard InChI is InChI=1S/C8H11N3O2/c1-5-6(11(2)8(12)13)3-4-7(9)10-5/h3-4H,1-2H3,(H2,9,10)(H,12,13). The van der Waals surface area contributed by atoms with Crippen molar-refractivity contribution >= 4 is 17.6 Å². The van der Waals surface area contributed by atoms with E-state index in [0.717, 1.165) is 4.90 Å². The topological polar surface area (TPSA) is 79.5 Å². The minimum atomic E-state index is -1.02. The van der Waals surface area contributed by atoms with E-state index >= 15 is 0 Å². The monoisotopic (exact) mass is 181 g/mol. The average Bonchev–Trinajstić information content (AvgIpc) is 2.03. The molecule has 70 valence electrons. The quantitative estimate of drug-likeness (QED) is 0.679. The van der Waals surface area contributed by atoms with Gasteiger partial charge in [0, 0.05) is 7.05 Å². The molecule has 0 aliphatic rings. The van der Waals surface area contributed by atoms with Crippen LogP contribution in [0.2, 0.25) is 0 Å². The summed E-state index contributed by atoms with van der Waals surface area (Å²) in [6, 6.07) is 3.20. The van der Waals surface area contributed by atoms with Crippen LogP contribution in [0.1, 0.15) is 5.69 Å². The molecule has 1 heterocycles. The summed E-state index contributed by atoms with van der Waals surface area (Å²) >= 11 is 0. The molecule has 1 rings (SSSR count). The highest BCUT2D eigenvalue weighted by Gasteiger charge is 2.11. The second kappa shape index (κ2) is 3.30. The molecule has 0 aliphatic carbocycles. The molecule has 0 fully saturated rings. The number of hydrogen-bond donors (Lipinski definition) is 2. The van der Waals surface area contributed by atoms with Gasteiger partial charge in [-0.05, 0) is 19.1 Å². The highest BCUT2D eigenvalue weighted by molar-refractivity contribution is 5.86. The zero-order valence-electron chi connectivity index (χ0n) is 7.48. The molecule has 13 heavy (non-hydrogen) atoms. The van der Waals surface area contributed by atoms with Crippen molar-refractivity contribution in [3.63, 3.8) is 0 Å². The van der Waals surface area contributed by atoms with E-state index in [9.17, 15) is 4.79 Å². The van der Waals surface area contributed by atoms with Crippen LogP contribution in [0.15, 0.2) is 12.1 Å². The highest BCUT2D eigenvalue weighted by atomic mass is 16.4. The molecule has 0 bridgehead atoms. The van der Waals surface area contributed by atoms with E-state index in [1.165, 1.54) is 7.05 Å². The molecule has 0 radical (unpaired) electrons. The van der Waals surface area contributed by atoms with Crippen LogP contribution < -0.4 is 10.6 Å². The Morgan fingerprint density at radius 3 is 2.69 bits per heavy atom. The summed E-state index contributed by atoms with van der Waals surface area (Å²) in [5.41, 5.74) is 6.57. The summed E-state index contributed by atoms with van der Waals surface area (Å²) in [7, 11) is 1.46. The van der Waals surface area contributed by atoms with Gasteiger partial charge in [0.1, 0.15) is 5.82 Å². The maximum Gasteiger partial charge on any atom is 0.411 e. The third kappa shape index (κ3) is 1.87. The number of aryl methyl sites for hydroxylation is 1. The van der Waals surface area contributed by atoms with Crippen LogP contribution in [-0.2, 0) is 0 Å². The maximum atomic E-state index is 10.6. The SMILES string of the molecule is Cc1nc(N)ccc1N(C)C(=O)O. The first-order valence-corrected chi connectivity index (χ1v) is 3.72. The third-order valence-electron chi connectivity index (χ3n) is 1.73. The first-order chi connectivity index (χ1) is 6.02. The molecule has 0 saturated carbocycles. The molecule has 3 N–H and O–H groups in total. The lowest BCUT2D eigenvalue weighted by atomic mass is 10.3. The van der Waals surface area contributed by atoms with Crippen molar-refractivity contribution in [2.45, 2.75) is 6.92 Å². The van der Waals surface area contributed by atoms with Gasteiger partial charge in [0.25, 0.3) is 0 Å². The number of pyridine rings is 1. The number of nitrogens with zero attached hydrogens (tertiary/aromatic N) is 2. The lowest BCUT2D eigenvalue weighted by Gasteiger charge is -2.14. The average molecular weight is 181 g/mol. The van der Waals surface area contributed by atoms with Crippen LogP contribution >= 0.6 is 0 Å². The third-order valence-corrected chi connectivity index (χ3v) is 1.73. The Labute approximate surface area is 75.8 Å². The predicted octanol–water partition coefficient (Wildman–Crippen LogP) is 1.09. The van der Waals surface area contributed by atoms with Crippen molar-refractivity contribution in [3.05, 3.63) is 17.8 Å². The highest BCUT2D eigenvalue weighted by Crippen LogP contribution is 2.17. The van der Waals surface area contributed by atoms with Crippen LogP contribution in [0, 0.1) is 6.92 Å². The number of nitrogen functional groups attached to an aromatic ring is 1. The molecule has 1 amide bonds. The molecule has 0 unspecified atom stereocenters. The van der Waals surface area contributed by atoms with Crippen molar-refractivity contribution in [2.24, 2.45) is 0 Å². The van der Waals surface area contributed by atoms with E-state index in [-0.39, 0.29) is 0 Å². The van der Waals surface area contributed by atoms with E-state index in [4.69, 9.17) is 10.8 Å². The smallest absolute Gasteiger partial charge is 0.411 e. The van der Waals surface area contributed by atoms with Crippen LogP contribution in [0.25, 0.3) is 0 Å². The van der Waals surface area contributed by atoms with Gasteiger partial charge in [-0.3, -0.25) is 4.90 Å². The number of carboxylic acid groups (broad SMARTS) is 1. The predicted molar refractivity (Wildman–Crippen MR) is 49.8 cm³/mol. The minimum absolute atomic E-state index is 0.389. The first kappa shape index (κ1) is 9.31. The zero-order valence-corrected chi connectivity index (χ0v) is 7.48. The van der Waals surface area contributed by atoms with E-state index in [0.29, 0.717) is 17.2 Å². The number of anilines is 2. The van der Waals surface area contributed by atoms with Gasteiger partial charge in [0.2, 0.25) is 0 Å². The van der Waals surface area contributed by atoms with Crippen LogP contribution in [0.5, 0.6) is 0 Å². The molecular weight excluding hydrogens is 170 g/mol. The molecule has 1 aromatic heterocycles. The van der Waals surface area contributed by atoms with Gasteiger partial charge in [-0.25, -0.2) is 9.78 Å². The summed E-state index contributed by atoms with van der Waals surface area (Å²) in [5, 5.41) is 8.70. The molecule has 0 atom stereocenters. The molecule has 0 saturated heterocycles. The first-order valence-electron chi connectivity index (χ1n) is 3.72. The summed E-state index contributed by atoms with van der Waals surface area (Å²) < 4.78 is 0. The van der Waals surface area contributed by atoms with Gasteiger partial charge < -0.3 is 10.8 Å². The number of carbonyl (C=O) groups is 1. The zero-order chi connectivity index (χ0) is 10.0. The molecule has 0 spiro atoms. The van der Waals surface area contributed by atoms with Gasteiger partial charge in [0.05, 0.1) is 11.4 Å². The fourth-order valence-corrected chi connectivity index (χ4v) is 1.03. The summed E-state index contributed by atoms with van der Waals surface area (Å²) in [6.07, 6.45) is -1.02. The molecule has 5 nitrogen and oxygen atoms in total. The number of rotatable bonds is 1. The Morgan fingerprint density at radius 1 is 1.62 bits per heavy atom. The van der Waals surface area contributed by atoms with Crippen molar-refractivity contribution in [1.29, 1.82) is 0 Å². The lowest BCUT2D eigenvalue weighted by Crippen LogP contribution is -2.24. The molecule has 0 aliphatic heterocycles. The summed E-state index contributed by atoms with van der Waals surface area (Å²) in [5.74, 6) is 0.389. The minimum Gasteiger partial charge on any atom is -0.465 e. The molecule has 0 aromatic carbocycles. The molecule has 1 aromatic rings. The largest absolute Gasteiger partial charge is 0.465 e. The second-order valence-corrected chi connectivity index (χ2v) is 2.68. The van der Waals surface area contributed by atoms with Crippen LogP contribution in [0.4, 0.5) is 16.3 Å². The molecule has 5 heteroatoms. The van der Waals surface area contributed by atoms with Gasteiger partial charge >= 0.3 is 6.09 Å². The molecular formula is C8H11N3O2. The Bertz CT molecular complexity index is 338. The summed E-state index contributed by atoms with van der Waals surface area (Å²) in [6.45, 7) is 1.71. The lowest BCUT2D eigenvalue weighted by molar-refractivity contribution is 0.203. The number of nitrogens with two attached hydrogens (primary N) is 1. The van der Waals surface area contributed by atoms with E-state index in [2.05, 4.69) is 4.98 Å². The van der Waals surface area contributed by atoms with E-state index in [1.807, 2.05) is 0 Å². The maximum absolute atomic E-state index is 10.6. The Morgan fingerprint density at radius 2 is 2.23 bits per heavy atom. The van der Waals surface area contributed by atoms with Gasteiger partial charge in [-0.15, -0.1) is 0 Å². The fourth-order valence-electron chi connectivity index (χ4n) is 1.03. The van der Waals surface area contributed by atoms with Gasteiger partial charge in [0.15, 0.2) is 0 Å².